The Morgan fingerprint density at radius 2 is 1.50 bits per heavy atom. The molecule has 9 nitrogen and oxygen atoms in total. The quantitative estimate of drug-likeness (QED) is 0.392. The molecule has 2 atom stereocenters. The van der Waals surface area contributed by atoms with Crippen LogP contribution in [0.5, 0.6) is 0 Å². The first-order valence-electron chi connectivity index (χ1n) is 8.20. The van der Waals surface area contributed by atoms with Gasteiger partial charge in [-0.2, -0.15) is 5.10 Å². The van der Waals surface area contributed by atoms with Crippen LogP contribution >= 0.6 is 0 Å². The summed E-state index contributed by atoms with van der Waals surface area (Å²) in [6.45, 7) is 8.20. The number of rotatable bonds is 10. The highest BCUT2D eigenvalue weighted by atomic mass is 16.3. The molecule has 1 aromatic heterocycles. The lowest BCUT2D eigenvalue weighted by Crippen LogP contribution is -2.47. The monoisotopic (exact) mass is 343 g/mol. The van der Waals surface area contributed by atoms with Gasteiger partial charge in [0, 0.05) is 25.2 Å². The molecule has 9 heteroatoms. The van der Waals surface area contributed by atoms with E-state index in [1.807, 2.05) is 27.7 Å². The van der Waals surface area contributed by atoms with Gasteiger partial charge in [-0.05, 0) is 0 Å². The molecule has 4 N–H and O–H groups in total. The fourth-order valence-corrected chi connectivity index (χ4v) is 2.05. The summed E-state index contributed by atoms with van der Waals surface area (Å²) in [5, 5.41) is 29.8. The second kappa shape index (κ2) is 9.67. The highest BCUT2D eigenvalue weighted by molar-refractivity contribution is 4.79. The highest BCUT2D eigenvalue weighted by Crippen LogP contribution is 1.89. The molecule has 0 fully saturated rings. The van der Waals surface area contributed by atoms with E-state index in [2.05, 4.69) is 15.7 Å². The molecule has 2 unspecified atom stereocenters. The molecule has 0 spiro atoms. The smallest absolute Gasteiger partial charge is 0.347 e. The number of nitrogens with one attached hydrogen (secondary N) is 2. The summed E-state index contributed by atoms with van der Waals surface area (Å²) in [4.78, 5) is 24.2. The third-order valence-electron chi connectivity index (χ3n) is 3.33. The van der Waals surface area contributed by atoms with E-state index >= 15 is 0 Å². The van der Waals surface area contributed by atoms with Crippen LogP contribution in [-0.4, -0.2) is 61.9 Å². The Kier molecular flexibility index (Phi) is 8.26. The van der Waals surface area contributed by atoms with Gasteiger partial charge in [0.05, 0.1) is 25.3 Å². The summed E-state index contributed by atoms with van der Waals surface area (Å²) in [5.41, 5.74) is -1.22. The minimum absolute atomic E-state index is 0.0286. The van der Waals surface area contributed by atoms with Crippen LogP contribution in [0.15, 0.2) is 15.8 Å². The van der Waals surface area contributed by atoms with Crippen LogP contribution in [-0.2, 0) is 13.1 Å². The topological polar surface area (TPSA) is 121 Å². The maximum Gasteiger partial charge on any atom is 0.347 e. The lowest BCUT2D eigenvalue weighted by Gasteiger charge is -2.17. The van der Waals surface area contributed by atoms with Gasteiger partial charge in [0.15, 0.2) is 0 Å². The van der Waals surface area contributed by atoms with E-state index in [0.29, 0.717) is 6.54 Å². The van der Waals surface area contributed by atoms with Crippen LogP contribution in [0.1, 0.15) is 27.7 Å². The van der Waals surface area contributed by atoms with Crippen molar-refractivity contribution in [2.45, 2.75) is 65.1 Å². The highest BCUT2D eigenvalue weighted by Gasteiger charge is 2.14. The molecule has 0 aliphatic carbocycles. The lowest BCUT2D eigenvalue weighted by molar-refractivity contribution is 0.133. The number of aliphatic hydroxyl groups is 2. The van der Waals surface area contributed by atoms with Crippen molar-refractivity contribution in [3.05, 3.63) is 27.0 Å². The number of nitrogens with zero attached hydrogens (tertiary/aromatic N) is 3. The second-order valence-electron chi connectivity index (χ2n) is 6.49. The standard InChI is InChI=1S/C15H29N5O4/c1-10(2)16-5-12(21)8-19-14(23)7-18-20(15(19)24)9-13(22)6-17-11(3)4/h7,10-13,16-17,21-22H,5-6,8-9H2,1-4H3. The number of aliphatic hydroxyl groups excluding tert-OH is 2. The SMILES string of the molecule is CC(C)NCC(O)Cn1ncc(=O)n(CC(O)CNC(C)C)c1=O. The van der Waals surface area contributed by atoms with Crippen LogP contribution in [0.3, 0.4) is 0 Å². The third kappa shape index (κ3) is 6.91. The molecule has 0 bridgehead atoms. The van der Waals surface area contributed by atoms with Crippen LogP contribution in [0.4, 0.5) is 0 Å². The van der Waals surface area contributed by atoms with Crippen molar-refractivity contribution < 1.29 is 10.2 Å². The maximum absolute atomic E-state index is 12.3. The zero-order valence-corrected chi connectivity index (χ0v) is 14.8. The molecule has 0 aromatic carbocycles. The maximum atomic E-state index is 12.3. The molecular formula is C15H29N5O4. The van der Waals surface area contributed by atoms with Gasteiger partial charge in [0.2, 0.25) is 0 Å². The van der Waals surface area contributed by atoms with Crippen molar-refractivity contribution >= 4 is 0 Å². The summed E-state index contributed by atoms with van der Waals surface area (Å²) >= 11 is 0. The average Bonchev–Trinajstić information content (AvgIpc) is 2.50. The molecule has 1 heterocycles. The molecule has 24 heavy (non-hydrogen) atoms. The summed E-state index contributed by atoms with van der Waals surface area (Å²) in [6, 6.07) is 0.399. The first kappa shape index (κ1) is 20.5. The Morgan fingerprint density at radius 1 is 1.00 bits per heavy atom. The van der Waals surface area contributed by atoms with Crippen LogP contribution in [0, 0.1) is 0 Å². The zero-order chi connectivity index (χ0) is 18.3. The summed E-state index contributed by atoms with van der Waals surface area (Å²) in [5.74, 6) is 0. The van der Waals surface area contributed by atoms with Gasteiger partial charge in [0.25, 0.3) is 5.56 Å². The Balaban J connectivity index is 2.80. The lowest BCUT2D eigenvalue weighted by atomic mass is 10.3. The molecule has 0 amide bonds. The van der Waals surface area contributed by atoms with Crippen molar-refractivity contribution in [1.29, 1.82) is 0 Å². The number of hydrogen-bond acceptors (Lipinski definition) is 7. The molecule has 0 radical (unpaired) electrons. The Labute approximate surface area is 141 Å². The molecular weight excluding hydrogens is 314 g/mol. The van der Waals surface area contributed by atoms with Gasteiger partial charge in [-0.15, -0.1) is 0 Å². The van der Waals surface area contributed by atoms with E-state index in [9.17, 15) is 19.8 Å². The van der Waals surface area contributed by atoms with Gasteiger partial charge in [0.1, 0.15) is 6.20 Å². The normalized spacial score (nSPS) is 14.3. The van der Waals surface area contributed by atoms with Crippen molar-refractivity contribution in [2.24, 2.45) is 0 Å². The predicted octanol–water partition coefficient (Wildman–Crippen LogP) is -1.88. The molecule has 0 saturated carbocycles. The first-order chi connectivity index (χ1) is 11.2. The average molecular weight is 343 g/mol. The number of aromatic nitrogens is 3. The summed E-state index contributed by atoms with van der Waals surface area (Å²) in [6.07, 6.45) is -0.663. The van der Waals surface area contributed by atoms with E-state index in [0.717, 1.165) is 15.4 Å². The van der Waals surface area contributed by atoms with E-state index in [-0.39, 0.29) is 31.7 Å². The van der Waals surface area contributed by atoms with Crippen LogP contribution < -0.4 is 21.9 Å². The molecule has 1 aromatic rings. The van der Waals surface area contributed by atoms with Crippen molar-refractivity contribution in [3.8, 4) is 0 Å². The molecule has 0 saturated heterocycles. The number of hydrogen-bond donors (Lipinski definition) is 4. The van der Waals surface area contributed by atoms with Crippen molar-refractivity contribution in [1.82, 2.24) is 25.0 Å². The van der Waals surface area contributed by atoms with Crippen LogP contribution in [0.2, 0.25) is 0 Å². The van der Waals surface area contributed by atoms with Gasteiger partial charge in [-0.25, -0.2) is 9.48 Å². The molecule has 1 rings (SSSR count). The van der Waals surface area contributed by atoms with Crippen molar-refractivity contribution in [3.63, 3.8) is 0 Å². The van der Waals surface area contributed by atoms with E-state index in [4.69, 9.17) is 0 Å². The minimum Gasteiger partial charge on any atom is -0.390 e. The zero-order valence-electron chi connectivity index (χ0n) is 14.8. The van der Waals surface area contributed by atoms with Gasteiger partial charge in [-0.3, -0.25) is 9.36 Å². The van der Waals surface area contributed by atoms with Crippen LogP contribution in [0.25, 0.3) is 0 Å². The van der Waals surface area contributed by atoms with E-state index in [1.165, 1.54) is 0 Å². The molecule has 138 valence electrons. The summed E-state index contributed by atoms with van der Waals surface area (Å²) < 4.78 is 1.97. The van der Waals surface area contributed by atoms with E-state index < -0.39 is 23.5 Å². The largest absolute Gasteiger partial charge is 0.390 e. The third-order valence-corrected chi connectivity index (χ3v) is 3.33. The fraction of sp³-hybridized carbons (Fsp3) is 0.800. The van der Waals surface area contributed by atoms with Crippen molar-refractivity contribution in [2.75, 3.05) is 13.1 Å². The predicted molar refractivity (Wildman–Crippen MR) is 91.0 cm³/mol. The first-order valence-corrected chi connectivity index (χ1v) is 8.20. The van der Waals surface area contributed by atoms with Gasteiger partial charge >= 0.3 is 5.69 Å². The second-order valence-corrected chi connectivity index (χ2v) is 6.49. The van der Waals surface area contributed by atoms with Gasteiger partial charge in [-0.1, -0.05) is 27.7 Å². The molecule has 0 aliphatic heterocycles. The minimum atomic E-state index is -0.874. The van der Waals surface area contributed by atoms with E-state index in [1.54, 1.807) is 0 Å². The fourth-order valence-electron chi connectivity index (χ4n) is 2.05. The Hall–Kier alpha value is -1.55. The summed E-state index contributed by atoms with van der Waals surface area (Å²) in [7, 11) is 0. The Morgan fingerprint density at radius 3 is 2.00 bits per heavy atom. The van der Waals surface area contributed by atoms with Gasteiger partial charge < -0.3 is 20.8 Å². The Bertz CT molecular complexity index is 611. The molecule has 0 aliphatic rings.